The average Bonchev–Trinajstić information content (AvgIpc) is 2.33. The van der Waals surface area contributed by atoms with Crippen LogP contribution in [0.5, 0.6) is 5.75 Å². The lowest BCUT2D eigenvalue weighted by Gasteiger charge is -2.34. The molecule has 3 nitrogen and oxygen atoms in total. The molecule has 2 rings (SSSR count). The van der Waals surface area contributed by atoms with E-state index in [1.807, 2.05) is 13.0 Å². The fourth-order valence-corrected chi connectivity index (χ4v) is 2.08. The molecule has 0 spiro atoms. The highest BCUT2D eigenvalue weighted by Crippen LogP contribution is 2.31. The van der Waals surface area contributed by atoms with Crippen LogP contribution in [0.25, 0.3) is 0 Å². The molecule has 0 radical (unpaired) electrons. The Bertz CT molecular complexity index is 376. The van der Waals surface area contributed by atoms with Crippen LogP contribution in [-0.2, 0) is 0 Å². The summed E-state index contributed by atoms with van der Waals surface area (Å²) in [6.07, 6.45) is 0. The molecular weight excluding hydrogens is 219 g/mol. The Balaban J connectivity index is 2.22. The molecule has 0 N–H and O–H groups in total. The summed E-state index contributed by atoms with van der Waals surface area (Å²) >= 11 is 0. The van der Waals surface area contributed by atoms with E-state index in [0.717, 1.165) is 31.9 Å². The number of hydrogen-bond acceptors (Lipinski definition) is 3. The van der Waals surface area contributed by atoms with E-state index in [0.29, 0.717) is 12.4 Å². The van der Waals surface area contributed by atoms with Crippen molar-refractivity contribution >= 4 is 5.69 Å². The highest BCUT2D eigenvalue weighted by Gasteiger charge is 2.19. The number of ether oxygens (including phenoxy) is 1. The molecule has 0 atom stereocenters. The summed E-state index contributed by atoms with van der Waals surface area (Å²) in [5, 5.41) is 0. The summed E-state index contributed by atoms with van der Waals surface area (Å²) in [5.74, 6) is 0.114. The second-order valence-electron chi connectivity index (χ2n) is 4.31. The molecule has 0 amide bonds. The average molecular weight is 238 g/mol. The Morgan fingerprint density at radius 3 is 2.59 bits per heavy atom. The number of halogens is 1. The van der Waals surface area contributed by atoms with Gasteiger partial charge in [-0.2, -0.15) is 0 Å². The van der Waals surface area contributed by atoms with Crippen molar-refractivity contribution in [2.45, 2.75) is 6.92 Å². The first kappa shape index (κ1) is 12.2. The number of hydrogen-bond donors (Lipinski definition) is 0. The van der Waals surface area contributed by atoms with Gasteiger partial charge in [-0.05, 0) is 26.1 Å². The molecule has 1 aliphatic heterocycles. The summed E-state index contributed by atoms with van der Waals surface area (Å²) in [4.78, 5) is 4.46. The Hall–Kier alpha value is -1.29. The van der Waals surface area contributed by atoms with Gasteiger partial charge < -0.3 is 14.5 Å². The van der Waals surface area contributed by atoms with Gasteiger partial charge in [0.05, 0.1) is 12.3 Å². The molecule has 0 saturated carbocycles. The SMILES string of the molecule is CCOc1c(F)cccc1N1CCN(C)CC1. The molecule has 94 valence electrons. The van der Waals surface area contributed by atoms with Crippen molar-refractivity contribution in [1.29, 1.82) is 0 Å². The zero-order chi connectivity index (χ0) is 12.3. The van der Waals surface area contributed by atoms with E-state index in [4.69, 9.17) is 4.74 Å². The predicted octanol–water partition coefficient (Wildman–Crippen LogP) is 1.98. The van der Waals surface area contributed by atoms with Crippen molar-refractivity contribution in [2.24, 2.45) is 0 Å². The zero-order valence-corrected chi connectivity index (χ0v) is 10.4. The lowest BCUT2D eigenvalue weighted by Crippen LogP contribution is -2.44. The maximum absolute atomic E-state index is 13.7. The lowest BCUT2D eigenvalue weighted by molar-refractivity contribution is 0.302. The van der Waals surface area contributed by atoms with Crippen molar-refractivity contribution in [2.75, 3.05) is 44.7 Å². The van der Waals surface area contributed by atoms with E-state index in [1.165, 1.54) is 6.07 Å². The molecule has 4 heteroatoms. The molecule has 1 fully saturated rings. The van der Waals surface area contributed by atoms with Crippen molar-refractivity contribution in [3.05, 3.63) is 24.0 Å². The van der Waals surface area contributed by atoms with E-state index < -0.39 is 0 Å². The zero-order valence-electron chi connectivity index (χ0n) is 10.4. The largest absolute Gasteiger partial charge is 0.489 e. The number of para-hydroxylation sites is 1. The van der Waals surface area contributed by atoms with Crippen LogP contribution in [0.15, 0.2) is 18.2 Å². The predicted molar refractivity (Wildman–Crippen MR) is 67.3 cm³/mol. The molecule has 1 aromatic carbocycles. The minimum atomic E-state index is -0.275. The van der Waals surface area contributed by atoms with Crippen LogP contribution in [0.1, 0.15) is 6.92 Å². The quantitative estimate of drug-likeness (QED) is 0.801. The van der Waals surface area contributed by atoms with Crippen LogP contribution >= 0.6 is 0 Å². The number of nitrogens with zero attached hydrogens (tertiary/aromatic N) is 2. The van der Waals surface area contributed by atoms with Gasteiger partial charge in [-0.1, -0.05) is 6.07 Å². The Kier molecular flexibility index (Phi) is 3.84. The van der Waals surface area contributed by atoms with Gasteiger partial charge in [0, 0.05) is 26.2 Å². The number of likely N-dealkylation sites (N-methyl/N-ethyl adjacent to an activating group) is 1. The van der Waals surface area contributed by atoms with Gasteiger partial charge in [-0.3, -0.25) is 0 Å². The molecule has 0 aliphatic carbocycles. The van der Waals surface area contributed by atoms with Crippen LogP contribution in [0.2, 0.25) is 0 Å². The molecule has 1 aromatic rings. The third kappa shape index (κ3) is 2.69. The van der Waals surface area contributed by atoms with Gasteiger partial charge in [-0.25, -0.2) is 4.39 Å². The number of rotatable bonds is 3. The molecule has 0 bridgehead atoms. The summed E-state index contributed by atoms with van der Waals surface area (Å²) in [7, 11) is 2.10. The normalized spacial score (nSPS) is 17.2. The van der Waals surface area contributed by atoms with E-state index in [-0.39, 0.29) is 5.82 Å². The third-order valence-electron chi connectivity index (χ3n) is 3.08. The molecule has 1 aliphatic rings. The maximum atomic E-state index is 13.7. The van der Waals surface area contributed by atoms with E-state index >= 15 is 0 Å². The highest BCUT2D eigenvalue weighted by molar-refractivity contribution is 5.59. The smallest absolute Gasteiger partial charge is 0.178 e. The highest BCUT2D eigenvalue weighted by atomic mass is 19.1. The molecule has 0 unspecified atom stereocenters. The van der Waals surface area contributed by atoms with Crippen molar-refractivity contribution in [1.82, 2.24) is 4.90 Å². The Labute approximate surface area is 102 Å². The second-order valence-corrected chi connectivity index (χ2v) is 4.31. The van der Waals surface area contributed by atoms with Gasteiger partial charge in [0.25, 0.3) is 0 Å². The van der Waals surface area contributed by atoms with Crippen LogP contribution in [-0.4, -0.2) is 44.7 Å². The Morgan fingerprint density at radius 2 is 1.94 bits per heavy atom. The summed E-state index contributed by atoms with van der Waals surface area (Å²) in [6, 6.07) is 5.12. The van der Waals surface area contributed by atoms with Crippen molar-refractivity contribution in [3.63, 3.8) is 0 Å². The minimum absolute atomic E-state index is 0.275. The topological polar surface area (TPSA) is 15.7 Å². The summed E-state index contributed by atoms with van der Waals surface area (Å²) < 4.78 is 19.1. The van der Waals surface area contributed by atoms with E-state index in [2.05, 4.69) is 16.8 Å². The molecular formula is C13H19FN2O. The first-order chi connectivity index (χ1) is 8.22. The minimum Gasteiger partial charge on any atom is -0.489 e. The van der Waals surface area contributed by atoms with Gasteiger partial charge in [0.2, 0.25) is 0 Å². The lowest BCUT2D eigenvalue weighted by atomic mass is 10.2. The van der Waals surface area contributed by atoms with E-state index in [1.54, 1.807) is 6.07 Å². The monoisotopic (exact) mass is 238 g/mol. The standard InChI is InChI=1S/C13H19FN2O/c1-3-17-13-11(14)5-4-6-12(13)16-9-7-15(2)8-10-16/h4-6H,3,7-10H2,1-2H3. The van der Waals surface area contributed by atoms with Crippen LogP contribution in [0.3, 0.4) is 0 Å². The van der Waals surface area contributed by atoms with Gasteiger partial charge >= 0.3 is 0 Å². The first-order valence-corrected chi connectivity index (χ1v) is 6.07. The van der Waals surface area contributed by atoms with Crippen molar-refractivity contribution in [3.8, 4) is 5.75 Å². The first-order valence-electron chi connectivity index (χ1n) is 6.07. The summed E-state index contributed by atoms with van der Waals surface area (Å²) in [5.41, 5.74) is 0.875. The maximum Gasteiger partial charge on any atom is 0.178 e. The number of piperazine rings is 1. The van der Waals surface area contributed by atoms with Crippen molar-refractivity contribution < 1.29 is 9.13 Å². The summed E-state index contributed by atoms with van der Waals surface area (Å²) in [6.45, 7) is 6.20. The van der Waals surface area contributed by atoms with Crippen LogP contribution in [0.4, 0.5) is 10.1 Å². The van der Waals surface area contributed by atoms with Gasteiger partial charge in [-0.15, -0.1) is 0 Å². The Morgan fingerprint density at radius 1 is 1.24 bits per heavy atom. The fourth-order valence-electron chi connectivity index (χ4n) is 2.08. The molecule has 1 saturated heterocycles. The number of benzene rings is 1. The molecule has 0 aromatic heterocycles. The fraction of sp³-hybridized carbons (Fsp3) is 0.538. The third-order valence-corrected chi connectivity index (χ3v) is 3.08. The van der Waals surface area contributed by atoms with Crippen LogP contribution < -0.4 is 9.64 Å². The van der Waals surface area contributed by atoms with Gasteiger partial charge in [0.15, 0.2) is 11.6 Å². The second kappa shape index (κ2) is 5.36. The number of anilines is 1. The molecule has 1 heterocycles. The van der Waals surface area contributed by atoms with Crippen LogP contribution in [0, 0.1) is 5.82 Å². The molecule has 17 heavy (non-hydrogen) atoms. The van der Waals surface area contributed by atoms with Gasteiger partial charge in [0.1, 0.15) is 0 Å². The van der Waals surface area contributed by atoms with E-state index in [9.17, 15) is 4.39 Å².